The van der Waals surface area contributed by atoms with Gasteiger partial charge in [0.05, 0.1) is 17.4 Å². The number of carbonyl (C=O) groups excluding carboxylic acids is 1. The maximum atomic E-state index is 12.2. The number of amides is 1. The largest absolute Gasteiger partial charge is 0.492 e. The Balaban J connectivity index is 1.62. The molecule has 1 saturated heterocycles. The van der Waals surface area contributed by atoms with Crippen molar-refractivity contribution >= 4 is 15.7 Å². The SMILES string of the molecule is O=C(NC1CCS(=O)(=O)C1)C1COc2ccccc2C1. The van der Waals surface area contributed by atoms with E-state index in [0.29, 0.717) is 19.4 Å². The van der Waals surface area contributed by atoms with E-state index in [4.69, 9.17) is 4.74 Å². The molecule has 20 heavy (non-hydrogen) atoms. The fraction of sp³-hybridized carbons (Fsp3) is 0.500. The lowest BCUT2D eigenvalue weighted by molar-refractivity contribution is -0.126. The number of benzene rings is 1. The minimum absolute atomic E-state index is 0.0584. The van der Waals surface area contributed by atoms with Gasteiger partial charge in [-0.1, -0.05) is 18.2 Å². The van der Waals surface area contributed by atoms with Gasteiger partial charge in [-0.2, -0.15) is 0 Å². The molecule has 1 aromatic carbocycles. The molecule has 1 fully saturated rings. The Bertz CT molecular complexity index is 626. The van der Waals surface area contributed by atoms with Crippen LogP contribution in [0.3, 0.4) is 0 Å². The highest BCUT2D eigenvalue weighted by Crippen LogP contribution is 2.27. The van der Waals surface area contributed by atoms with E-state index in [0.717, 1.165) is 11.3 Å². The normalized spacial score (nSPS) is 27.4. The van der Waals surface area contributed by atoms with Crippen LogP contribution < -0.4 is 10.1 Å². The Hall–Kier alpha value is -1.56. The third kappa shape index (κ3) is 2.80. The number of hydrogen-bond donors (Lipinski definition) is 1. The molecule has 0 spiro atoms. The summed E-state index contributed by atoms with van der Waals surface area (Å²) in [5.41, 5.74) is 1.03. The first-order valence-electron chi connectivity index (χ1n) is 6.75. The molecule has 0 saturated carbocycles. The zero-order valence-corrected chi connectivity index (χ0v) is 11.9. The average molecular weight is 295 g/mol. The molecule has 0 bridgehead atoms. The summed E-state index contributed by atoms with van der Waals surface area (Å²) in [6, 6.07) is 7.43. The first kappa shape index (κ1) is 13.4. The average Bonchev–Trinajstić information content (AvgIpc) is 2.77. The molecule has 6 heteroatoms. The van der Waals surface area contributed by atoms with Gasteiger partial charge in [0, 0.05) is 6.04 Å². The number of rotatable bonds is 2. The van der Waals surface area contributed by atoms with Crippen LogP contribution in [0.5, 0.6) is 5.75 Å². The smallest absolute Gasteiger partial charge is 0.227 e. The second-order valence-electron chi connectivity index (χ2n) is 5.43. The Kier molecular flexibility index (Phi) is 3.41. The van der Waals surface area contributed by atoms with E-state index in [2.05, 4.69) is 5.32 Å². The number of nitrogens with one attached hydrogen (secondary N) is 1. The van der Waals surface area contributed by atoms with Crippen molar-refractivity contribution in [1.29, 1.82) is 0 Å². The molecule has 2 aliphatic rings. The number of ether oxygens (including phenoxy) is 1. The minimum atomic E-state index is -2.97. The van der Waals surface area contributed by atoms with Crippen molar-refractivity contribution < 1.29 is 17.9 Å². The fourth-order valence-electron chi connectivity index (χ4n) is 2.72. The summed E-state index contributed by atoms with van der Waals surface area (Å²) in [5, 5.41) is 2.84. The van der Waals surface area contributed by atoms with Crippen LogP contribution in [0, 0.1) is 5.92 Å². The summed E-state index contributed by atoms with van der Waals surface area (Å²) < 4.78 is 28.4. The van der Waals surface area contributed by atoms with Gasteiger partial charge >= 0.3 is 0 Å². The predicted molar refractivity (Wildman–Crippen MR) is 74.3 cm³/mol. The highest BCUT2D eigenvalue weighted by atomic mass is 32.2. The van der Waals surface area contributed by atoms with Crippen LogP contribution in [0.4, 0.5) is 0 Å². The highest BCUT2D eigenvalue weighted by molar-refractivity contribution is 7.91. The topological polar surface area (TPSA) is 72.5 Å². The monoisotopic (exact) mass is 295 g/mol. The Morgan fingerprint density at radius 3 is 2.85 bits per heavy atom. The van der Waals surface area contributed by atoms with Gasteiger partial charge < -0.3 is 10.1 Å². The van der Waals surface area contributed by atoms with Crippen molar-refractivity contribution in [2.24, 2.45) is 5.92 Å². The van der Waals surface area contributed by atoms with Crippen molar-refractivity contribution in [3.05, 3.63) is 29.8 Å². The lowest BCUT2D eigenvalue weighted by atomic mass is 9.96. The molecule has 0 aromatic heterocycles. The van der Waals surface area contributed by atoms with Gasteiger partial charge in [-0.3, -0.25) is 4.79 Å². The van der Waals surface area contributed by atoms with E-state index < -0.39 is 9.84 Å². The Morgan fingerprint density at radius 1 is 1.30 bits per heavy atom. The number of sulfone groups is 1. The molecule has 0 aliphatic carbocycles. The predicted octanol–water partition coefficient (Wildman–Crippen LogP) is 0.541. The summed E-state index contributed by atoms with van der Waals surface area (Å²) in [7, 11) is -2.97. The quantitative estimate of drug-likeness (QED) is 0.864. The Morgan fingerprint density at radius 2 is 2.10 bits per heavy atom. The number of fused-ring (bicyclic) bond motifs is 1. The number of hydrogen-bond acceptors (Lipinski definition) is 4. The van der Waals surface area contributed by atoms with Crippen molar-refractivity contribution in [2.75, 3.05) is 18.1 Å². The van der Waals surface area contributed by atoms with Crippen LogP contribution in [0.2, 0.25) is 0 Å². The minimum Gasteiger partial charge on any atom is -0.492 e. The molecule has 1 aromatic rings. The van der Waals surface area contributed by atoms with Gasteiger partial charge in [0.15, 0.2) is 9.84 Å². The molecule has 108 valence electrons. The molecule has 2 aliphatic heterocycles. The maximum Gasteiger partial charge on any atom is 0.227 e. The number of carbonyl (C=O) groups is 1. The van der Waals surface area contributed by atoms with E-state index in [1.807, 2.05) is 24.3 Å². The second kappa shape index (κ2) is 5.09. The molecule has 2 heterocycles. The highest BCUT2D eigenvalue weighted by Gasteiger charge is 2.32. The fourth-order valence-corrected chi connectivity index (χ4v) is 4.40. The summed E-state index contributed by atoms with van der Waals surface area (Å²) in [6.07, 6.45) is 1.15. The Labute approximate surface area is 118 Å². The molecule has 1 N–H and O–H groups in total. The van der Waals surface area contributed by atoms with Crippen LogP contribution in [-0.2, 0) is 21.1 Å². The molecular weight excluding hydrogens is 278 g/mol. The van der Waals surface area contributed by atoms with Gasteiger partial charge in [0.1, 0.15) is 12.4 Å². The third-order valence-electron chi connectivity index (χ3n) is 3.83. The second-order valence-corrected chi connectivity index (χ2v) is 7.66. The van der Waals surface area contributed by atoms with Crippen LogP contribution >= 0.6 is 0 Å². The van der Waals surface area contributed by atoms with Crippen LogP contribution in [0.1, 0.15) is 12.0 Å². The van der Waals surface area contributed by atoms with Gasteiger partial charge in [-0.05, 0) is 24.5 Å². The van der Waals surface area contributed by atoms with Crippen molar-refractivity contribution in [3.8, 4) is 5.75 Å². The molecule has 3 rings (SSSR count). The molecule has 1 amide bonds. The molecule has 0 radical (unpaired) electrons. The van der Waals surface area contributed by atoms with E-state index in [1.165, 1.54) is 0 Å². The van der Waals surface area contributed by atoms with Crippen LogP contribution in [-0.4, -0.2) is 38.5 Å². The zero-order chi connectivity index (χ0) is 14.2. The van der Waals surface area contributed by atoms with Gasteiger partial charge in [-0.15, -0.1) is 0 Å². The molecule has 2 unspecified atom stereocenters. The van der Waals surface area contributed by atoms with E-state index in [-0.39, 0.29) is 29.4 Å². The van der Waals surface area contributed by atoms with E-state index >= 15 is 0 Å². The van der Waals surface area contributed by atoms with Gasteiger partial charge in [0.2, 0.25) is 5.91 Å². The van der Waals surface area contributed by atoms with E-state index in [9.17, 15) is 13.2 Å². The third-order valence-corrected chi connectivity index (χ3v) is 5.60. The first-order chi connectivity index (χ1) is 9.53. The number of para-hydroxylation sites is 1. The van der Waals surface area contributed by atoms with E-state index in [1.54, 1.807) is 0 Å². The summed E-state index contributed by atoms with van der Waals surface area (Å²) in [5.74, 6) is 0.708. The molecular formula is C14H17NO4S. The van der Waals surface area contributed by atoms with Gasteiger partial charge in [0.25, 0.3) is 0 Å². The maximum absolute atomic E-state index is 12.2. The summed E-state index contributed by atoms with van der Waals surface area (Å²) >= 11 is 0. The lowest BCUT2D eigenvalue weighted by Crippen LogP contribution is -2.43. The van der Waals surface area contributed by atoms with Crippen molar-refractivity contribution in [1.82, 2.24) is 5.32 Å². The van der Waals surface area contributed by atoms with Crippen LogP contribution in [0.25, 0.3) is 0 Å². The standard InChI is InChI=1S/C14H17NO4S/c16-14(15-12-5-6-20(17,18)9-12)11-7-10-3-1-2-4-13(10)19-8-11/h1-4,11-12H,5-9H2,(H,15,16). The molecule has 5 nitrogen and oxygen atoms in total. The first-order valence-corrected chi connectivity index (χ1v) is 8.57. The summed E-state index contributed by atoms with van der Waals surface area (Å²) in [6.45, 7) is 0.350. The lowest BCUT2D eigenvalue weighted by Gasteiger charge is -2.25. The summed E-state index contributed by atoms with van der Waals surface area (Å²) in [4.78, 5) is 12.2. The van der Waals surface area contributed by atoms with Gasteiger partial charge in [-0.25, -0.2) is 8.42 Å². The zero-order valence-electron chi connectivity index (χ0n) is 11.0. The van der Waals surface area contributed by atoms with Crippen molar-refractivity contribution in [3.63, 3.8) is 0 Å². The van der Waals surface area contributed by atoms with Crippen molar-refractivity contribution in [2.45, 2.75) is 18.9 Å². The molecule has 2 atom stereocenters. The van der Waals surface area contributed by atoms with Crippen LogP contribution in [0.15, 0.2) is 24.3 Å².